The van der Waals surface area contributed by atoms with Crippen LogP contribution in [-0.4, -0.2) is 31.3 Å². The Hall–Kier alpha value is -0.470. The van der Waals surface area contributed by atoms with Crippen LogP contribution in [0.25, 0.3) is 0 Å². The fourth-order valence-corrected chi connectivity index (χ4v) is 2.07. The summed E-state index contributed by atoms with van der Waals surface area (Å²) in [6, 6.07) is 0. The van der Waals surface area contributed by atoms with Crippen molar-refractivity contribution in [1.82, 2.24) is 0 Å². The molecule has 2 nitrogen and oxygen atoms in total. The second-order valence-electron chi connectivity index (χ2n) is 2.44. The van der Waals surface area contributed by atoms with Crippen molar-refractivity contribution in [1.29, 1.82) is 0 Å². The van der Waals surface area contributed by atoms with E-state index in [2.05, 4.69) is 0 Å². The predicted octanol–water partition coefficient (Wildman–Crippen LogP) is 1.28. The zero-order valence-electron chi connectivity index (χ0n) is 5.65. The highest BCUT2D eigenvalue weighted by atomic mass is 32.2. The largest absolute Gasteiger partial charge is 0.413 e. The van der Waals surface area contributed by atoms with Crippen molar-refractivity contribution in [3.05, 3.63) is 0 Å². The van der Waals surface area contributed by atoms with E-state index < -0.39 is 32.7 Å². The first-order valence-corrected chi connectivity index (χ1v) is 4.38. The number of sulfone groups is 1. The van der Waals surface area contributed by atoms with Gasteiger partial charge in [-0.1, -0.05) is 0 Å². The van der Waals surface area contributed by atoms with E-state index in [0.717, 1.165) is 0 Å². The minimum atomic E-state index is -6.09. The monoisotopic (exact) mass is 228 g/mol. The first-order valence-electron chi connectivity index (χ1n) is 2.84. The van der Waals surface area contributed by atoms with Crippen LogP contribution in [0.5, 0.6) is 0 Å². The SMILES string of the molecule is O=S1(=O)C(F)C(F)C(F)(F)C1(F)F. The molecule has 0 aromatic rings. The molecule has 1 heterocycles. The molecular weight excluding hydrogens is 226 g/mol. The maximum absolute atomic E-state index is 12.2. The third kappa shape index (κ3) is 0.931. The highest BCUT2D eigenvalue weighted by Crippen LogP contribution is 2.52. The fraction of sp³-hybridized carbons (Fsp3) is 1.00. The van der Waals surface area contributed by atoms with Crippen molar-refractivity contribution in [2.45, 2.75) is 22.9 Å². The Morgan fingerprint density at radius 3 is 1.46 bits per heavy atom. The molecule has 0 N–H and O–H groups in total. The van der Waals surface area contributed by atoms with Crippen LogP contribution < -0.4 is 0 Å². The Morgan fingerprint density at radius 2 is 1.38 bits per heavy atom. The van der Waals surface area contributed by atoms with Crippen LogP contribution in [-0.2, 0) is 9.84 Å². The Balaban J connectivity index is 3.40. The number of hydrogen-bond acceptors (Lipinski definition) is 2. The standard InChI is InChI=1S/C4H2F6O2S/c5-1-2(6)13(11,12)4(9,10)3(1,7)8/h1-2H. The van der Waals surface area contributed by atoms with Gasteiger partial charge in [0.15, 0.2) is 0 Å². The highest BCUT2D eigenvalue weighted by Gasteiger charge is 2.81. The molecule has 1 aliphatic rings. The molecule has 0 saturated carbocycles. The topological polar surface area (TPSA) is 34.1 Å². The molecule has 2 unspecified atom stereocenters. The predicted molar refractivity (Wildman–Crippen MR) is 28.6 cm³/mol. The molecule has 0 aromatic heterocycles. The maximum atomic E-state index is 12.2. The van der Waals surface area contributed by atoms with Crippen LogP contribution in [0.1, 0.15) is 0 Å². The van der Waals surface area contributed by atoms with Gasteiger partial charge in [-0.3, -0.25) is 0 Å². The molecule has 0 radical (unpaired) electrons. The Kier molecular flexibility index (Phi) is 1.88. The lowest BCUT2D eigenvalue weighted by Gasteiger charge is -2.16. The molecule has 1 fully saturated rings. The molecule has 1 saturated heterocycles. The van der Waals surface area contributed by atoms with Crippen LogP contribution in [0.2, 0.25) is 0 Å². The van der Waals surface area contributed by atoms with Crippen LogP contribution >= 0.6 is 0 Å². The molecule has 0 bridgehead atoms. The van der Waals surface area contributed by atoms with Crippen molar-refractivity contribution < 1.29 is 34.8 Å². The number of halogens is 6. The average Bonchev–Trinajstić information content (AvgIpc) is 2.05. The summed E-state index contributed by atoms with van der Waals surface area (Å²) in [6.45, 7) is 0. The molecule has 13 heavy (non-hydrogen) atoms. The molecule has 0 spiro atoms. The van der Waals surface area contributed by atoms with Gasteiger partial charge < -0.3 is 0 Å². The van der Waals surface area contributed by atoms with Crippen molar-refractivity contribution in [3.63, 3.8) is 0 Å². The van der Waals surface area contributed by atoms with Crippen LogP contribution in [0.3, 0.4) is 0 Å². The van der Waals surface area contributed by atoms with Gasteiger partial charge in [0.2, 0.25) is 11.7 Å². The van der Waals surface area contributed by atoms with Crippen LogP contribution in [0, 0.1) is 0 Å². The van der Waals surface area contributed by atoms with Gasteiger partial charge in [0.25, 0.3) is 9.84 Å². The molecule has 9 heteroatoms. The normalized spacial score (nSPS) is 40.5. The zero-order chi connectivity index (χ0) is 10.7. The molecule has 78 valence electrons. The van der Waals surface area contributed by atoms with Gasteiger partial charge in [0.1, 0.15) is 0 Å². The summed E-state index contributed by atoms with van der Waals surface area (Å²) in [7, 11) is -6.09. The third-order valence-corrected chi connectivity index (χ3v) is 3.44. The first-order chi connectivity index (χ1) is 5.57. The average molecular weight is 228 g/mol. The van der Waals surface area contributed by atoms with Crippen molar-refractivity contribution in [2.24, 2.45) is 0 Å². The summed E-state index contributed by atoms with van der Waals surface area (Å²) in [5, 5.41) is -5.68. The van der Waals surface area contributed by atoms with Crippen molar-refractivity contribution in [2.75, 3.05) is 0 Å². The summed E-state index contributed by atoms with van der Waals surface area (Å²) in [5.74, 6) is -5.51. The minimum absolute atomic E-state index is 3.88. The summed E-state index contributed by atoms with van der Waals surface area (Å²) in [6.07, 6.45) is -4.02. The number of hydrogen-bond donors (Lipinski definition) is 0. The lowest BCUT2D eigenvalue weighted by molar-refractivity contribution is -0.183. The minimum Gasteiger partial charge on any atom is -0.236 e. The summed E-state index contributed by atoms with van der Waals surface area (Å²) < 4.78 is 93.3. The third-order valence-electron chi connectivity index (χ3n) is 1.62. The quantitative estimate of drug-likeness (QED) is 0.585. The molecule has 0 aromatic carbocycles. The van der Waals surface area contributed by atoms with E-state index in [0.29, 0.717) is 0 Å². The summed E-state index contributed by atoms with van der Waals surface area (Å²) >= 11 is 0. The summed E-state index contributed by atoms with van der Waals surface area (Å²) in [5.41, 5.74) is -3.88. The zero-order valence-corrected chi connectivity index (χ0v) is 6.46. The van der Waals surface area contributed by atoms with E-state index in [1.54, 1.807) is 0 Å². The van der Waals surface area contributed by atoms with Gasteiger partial charge in [-0.2, -0.15) is 17.6 Å². The molecule has 2 atom stereocenters. The maximum Gasteiger partial charge on any atom is 0.413 e. The first kappa shape index (κ1) is 10.6. The summed E-state index contributed by atoms with van der Waals surface area (Å²) in [4.78, 5) is 0. The second kappa shape index (κ2) is 2.31. The Morgan fingerprint density at radius 1 is 1.00 bits per heavy atom. The number of alkyl halides is 6. The van der Waals surface area contributed by atoms with Gasteiger partial charge in [0.05, 0.1) is 0 Å². The molecule has 0 aliphatic carbocycles. The van der Waals surface area contributed by atoms with E-state index in [4.69, 9.17) is 0 Å². The van der Waals surface area contributed by atoms with E-state index in [1.807, 2.05) is 0 Å². The fourth-order valence-electron chi connectivity index (χ4n) is 0.813. The highest BCUT2D eigenvalue weighted by molar-refractivity contribution is 7.93. The second-order valence-corrected chi connectivity index (χ2v) is 4.49. The van der Waals surface area contributed by atoms with Gasteiger partial charge >= 0.3 is 11.2 Å². The van der Waals surface area contributed by atoms with Gasteiger partial charge in [-0.15, -0.1) is 0 Å². The van der Waals surface area contributed by atoms with E-state index in [-0.39, 0.29) is 0 Å². The van der Waals surface area contributed by atoms with Gasteiger partial charge in [-0.25, -0.2) is 17.2 Å². The van der Waals surface area contributed by atoms with E-state index >= 15 is 0 Å². The smallest absolute Gasteiger partial charge is 0.236 e. The Labute approximate surface area is 68.4 Å². The lowest BCUT2D eigenvalue weighted by Crippen LogP contribution is -2.43. The number of rotatable bonds is 0. The van der Waals surface area contributed by atoms with Gasteiger partial charge in [-0.05, 0) is 0 Å². The van der Waals surface area contributed by atoms with Crippen molar-refractivity contribution >= 4 is 9.84 Å². The van der Waals surface area contributed by atoms with E-state index in [9.17, 15) is 34.8 Å². The van der Waals surface area contributed by atoms with Crippen molar-refractivity contribution in [3.8, 4) is 0 Å². The van der Waals surface area contributed by atoms with Crippen LogP contribution in [0.15, 0.2) is 0 Å². The van der Waals surface area contributed by atoms with Gasteiger partial charge in [0, 0.05) is 0 Å². The molecule has 0 amide bonds. The van der Waals surface area contributed by atoms with Crippen LogP contribution in [0.4, 0.5) is 26.3 Å². The van der Waals surface area contributed by atoms with E-state index in [1.165, 1.54) is 0 Å². The lowest BCUT2D eigenvalue weighted by atomic mass is 10.2. The molecule has 1 rings (SSSR count). The molecular formula is C4H2F6O2S. The Bertz CT molecular complexity index is 322. The molecule has 1 aliphatic heterocycles.